The van der Waals surface area contributed by atoms with Crippen LogP contribution in [0.1, 0.15) is 34.1 Å². The predicted octanol–water partition coefficient (Wildman–Crippen LogP) is 1.75. The molecule has 0 saturated carbocycles. The summed E-state index contributed by atoms with van der Waals surface area (Å²) in [6.07, 6.45) is -1.98. The second-order valence-corrected chi connectivity index (χ2v) is 7.05. The molecule has 0 bridgehead atoms. The average molecular weight is 293 g/mol. The maximum Gasteiger partial charge on any atom is 0.403 e. The molecule has 0 aromatic carbocycles. The van der Waals surface area contributed by atoms with Gasteiger partial charge < -0.3 is 9.63 Å². The van der Waals surface area contributed by atoms with Crippen molar-refractivity contribution in [1.29, 1.82) is 0 Å². The summed E-state index contributed by atoms with van der Waals surface area (Å²) in [4.78, 5) is 9.66. The Kier molecular flexibility index (Phi) is 6.02. The van der Waals surface area contributed by atoms with Crippen molar-refractivity contribution in [1.82, 2.24) is 5.09 Å². The summed E-state index contributed by atoms with van der Waals surface area (Å²) >= 11 is 0. The summed E-state index contributed by atoms with van der Waals surface area (Å²) in [5.74, 6) is 0.260. The molecule has 0 spiro atoms. The Morgan fingerprint density at radius 2 is 2.05 bits per heavy atom. The zero-order valence-corrected chi connectivity index (χ0v) is 12.6. The van der Waals surface area contributed by atoms with Gasteiger partial charge in [-0.2, -0.15) is 0 Å². The molecule has 2 N–H and O–H groups in total. The zero-order valence-electron chi connectivity index (χ0n) is 11.7. The summed E-state index contributed by atoms with van der Waals surface area (Å²) in [5.41, 5.74) is 0. The van der Waals surface area contributed by atoms with Gasteiger partial charge in [-0.3, -0.25) is 4.52 Å². The highest BCUT2D eigenvalue weighted by atomic mass is 31.2. The Labute approximate surface area is 115 Å². The number of ether oxygens (including phenoxy) is 1. The van der Waals surface area contributed by atoms with Crippen LogP contribution in [-0.2, 0) is 13.8 Å². The molecule has 19 heavy (non-hydrogen) atoms. The first-order valence-electron chi connectivity index (χ1n) is 6.46. The number of rotatable bonds is 6. The summed E-state index contributed by atoms with van der Waals surface area (Å²) in [6, 6.07) is -2.02. The van der Waals surface area contributed by atoms with E-state index in [1.807, 2.05) is 13.8 Å². The molecule has 1 aliphatic heterocycles. The van der Waals surface area contributed by atoms with Crippen LogP contribution in [0.4, 0.5) is 4.39 Å². The molecule has 0 amide bonds. The van der Waals surface area contributed by atoms with E-state index in [2.05, 4.69) is 5.09 Å². The number of halogens is 1. The number of hydrogen-bond donors (Lipinski definition) is 2. The van der Waals surface area contributed by atoms with Crippen molar-refractivity contribution in [3.05, 3.63) is 0 Å². The fourth-order valence-electron chi connectivity index (χ4n) is 2.10. The minimum atomic E-state index is -4.07. The summed E-state index contributed by atoms with van der Waals surface area (Å²) in [7, 11) is 1.44. The first-order valence-corrected chi connectivity index (χ1v) is 8.04. The summed E-state index contributed by atoms with van der Waals surface area (Å²) in [5, 5.41) is 2.33. The standard InChI is InChI=1S/C11H22BFNO4P/c1-6(2)5-8-10(9(13)11(12)17-8)14-19(15,16)18-7(3)4/h6-11H,5H2,1-4H3,(H2,14,15,16)/t8-,9?,10+,11-/m1/s1. The number of alkyl halides is 1. The molecule has 0 aromatic heterocycles. The Morgan fingerprint density at radius 1 is 1.47 bits per heavy atom. The van der Waals surface area contributed by atoms with Gasteiger partial charge in [0.1, 0.15) is 14.0 Å². The lowest BCUT2D eigenvalue weighted by Crippen LogP contribution is -2.42. The van der Waals surface area contributed by atoms with Gasteiger partial charge in [0.2, 0.25) is 0 Å². The second-order valence-electron chi connectivity index (χ2n) is 5.54. The topological polar surface area (TPSA) is 67.8 Å². The fourth-order valence-corrected chi connectivity index (χ4v) is 3.41. The van der Waals surface area contributed by atoms with E-state index < -0.39 is 38.2 Å². The van der Waals surface area contributed by atoms with Crippen LogP contribution in [0.2, 0.25) is 0 Å². The van der Waals surface area contributed by atoms with Crippen molar-refractivity contribution in [2.45, 2.75) is 64.5 Å². The van der Waals surface area contributed by atoms with Gasteiger partial charge in [0.05, 0.1) is 18.2 Å². The van der Waals surface area contributed by atoms with Crippen LogP contribution >= 0.6 is 7.75 Å². The summed E-state index contributed by atoms with van der Waals surface area (Å²) in [6.45, 7) is 7.17. The average Bonchev–Trinajstić information content (AvgIpc) is 2.42. The van der Waals surface area contributed by atoms with Crippen molar-refractivity contribution in [2.24, 2.45) is 5.92 Å². The molecular weight excluding hydrogens is 271 g/mol. The molecule has 5 nitrogen and oxygen atoms in total. The normalized spacial score (nSPS) is 34.9. The third-order valence-electron chi connectivity index (χ3n) is 2.76. The molecule has 1 fully saturated rings. The zero-order chi connectivity index (χ0) is 14.8. The van der Waals surface area contributed by atoms with Gasteiger partial charge >= 0.3 is 7.75 Å². The smallest absolute Gasteiger partial charge is 0.380 e. The molecule has 1 aliphatic rings. The highest BCUT2D eigenvalue weighted by Gasteiger charge is 2.45. The Bertz CT molecular complexity index is 343. The number of hydrogen-bond acceptors (Lipinski definition) is 3. The Morgan fingerprint density at radius 3 is 2.53 bits per heavy atom. The highest BCUT2D eigenvalue weighted by molar-refractivity contribution is 7.50. The van der Waals surface area contributed by atoms with E-state index >= 15 is 0 Å². The van der Waals surface area contributed by atoms with Gasteiger partial charge in [0.15, 0.2) is 0 Å². The van der Waals surface area contributed by atoms with Gasteiger partial charge in [-0.1, -0.05) is 13.8 Å². The lowest BCUT2D eigenvalue weighted by Gasteiger charge is -2.25. The fraction of sp³-hybridized carbons (Fsp3) is 1.00. The number of nitrogens with one attached hydrogen (secondary N) is 1. The van der Waals surface area contributed by atoms with E-state index in [1.165, 1.54) is 0 Å². The van der Waals surface area contributed by atoms with Crippen LogP contribution in [-0.4, -0.2) is 43.2 Å². The monoisotopic (exact) mass is 293 g/mol. The van der Waals surface area contributed by atoms with Crippen molar-refractivity contribution < 1.29 is 23.1 Å². The minimum Gasteiger partial charge on any atom is -0.380 e. The highest BCUT2D eigenvalue weighted by Crippen LogP contribution is 2.42. The van der Waals surface area contributed by atoms with Crippen LogP contribution < -0.4 is 5.09 Å². The van der Waals surface area contributed by atoms with E-state index in [1.54, 1.807) is 13.8 Å². The van der Waals surface area contributed by atoms with Gasteiger partial charge in [0, 0.05) is 6.00 Å². The molecule has 1 saturated heterocycles. The van der Waals surface area contributed by atoms with Gasteiger partial charge in [-0.15, -0.1) is 0 Å². The third kappa shape index (κ3) is 5.16. The van der Waals surface area contributed by atoms with Crippen molar-refractivity contribution in [3.63, 3.8) is 0 Å². The van der Waals surface area contributed by atoms with E-state index in [-0.39, 0.29) is 5.92 Å². The minimum absolute atomic E-state index is 0.260. The van der Waals surface area contributed by atoms with Gasteiger partial charge in [-0.05, 0) is 26.2 Å². The molecular formula is C11H22BFNO4P. The Hall–Kier alpha value is 0.0649. The maximum atomic E-state index is 13.9. The molecule has 0 aromatic rings. The summed E-state index contributed by atoms with van der Waals surface area (Å²) < 4.78 is 35.9. The quantitative estimate of drug-likeness (QED) is 0.577. The van der Waals surface area contributed by atoms with Crippen molar-refractivity contribution in [2.75, 3.05) is 0 Å². The van der Waals surface area contributed by atoms with E-state index in [4.69, 9.17) is 17.1 Å². The van der Waals surface area contributed by atoms with Crippen LogP contribution in [0.5, 0.6) is 0 Å². The van der Waals surface area contributed by atoms with E-state index in [9.17, 15) is 13.8 Å². The molecule has 2 radical (unpaired) electrons. The molecule has 110 valence electrons. The first kappa shape index (κ1) is 17.1. The lowest BCUT2D eigenvalue weighted by molar-refractivity contribution is 0.0590. The molecule has 1 heterocycles. The van der Waals surface area contributed by atoms with Crippen LogP contribution in [0.15, 0.2) is 0 Å². The van der Waals surface area contributed by atoms with Crippen LogP contribution in [0.25, 0.3) is 0 Å². The third-order valence-corrected chi connectivity index (χ3v) is 4.09. The maximum absolute atomic E-state index is 13.9. The predicted molar refractivity (Wildman–Crippen MR) is 71.7 cm³/mol. The molecule has 8 heteroatoms. The van der Waals surface area contributed by atoms with Crippen LogP contribution in [0, 0.1) is 5.92 Å². The van der Waals surface area contributed by atoms with Crippen molar-refractivity contribution >= 4 is 15.6 Å². The van der Waals surface area contributed by atoms with Crippen LogP contribution in [0.3, 0.4) is 0 Å². The first-order chi connectivity index (χ1) is 8.62. The van der Waals surface area contributed by atoms with E-state index in [0.29, 0.717) is 6.42 Å². The van der Waals surface area contributed by atoms with Crippen molar-refractivity contribution in [3.8, 4) is 0 Å². The largest absolute Gasteiger partial charge is 0.403 e. The van der Waals surface area contributed by atoms with Gasteiger partial charge in [0.25, 0.3) is 0 Å². The molecule has 0 aliphatic carbocycles. The Balaban J connectivity index is 2.74. The molecule has 2 unspecified atom stereocenters. The SMILES string of the molecule is [B][C@@H]1O[C@H](CC(C)C)[C@H](NP(=O)(O)OC(C)C)C1F. The second kappa shape index (κ2) is 6.68. The molecule has 1 rings (SSSR count). The lowest BCUT2D eigenvalue weighted by atomic mass is 9.92. The van der Waals surface area contributed by atoms with E-state index in [0.717, 1.165) is 0 Å². The molecule has 5 atom stereocenters. The van der Waals surface area contributed by atoms with Gasteiger partial charge in [-0.25, -0.2) is 14.0 Å².